The van der Waals surface area contributed by atoms with E-state index < -0.39 is 46.6 Å². The average Bonchev–Trinajstić information content (AvgIpc) is 3.66. The first kappa shape index (κ1) is 50.7. The van der Waals surface area contributed by atoms with Gasteiger partial charge < -0.3 is 65.0 Å². The first-order chi connectivity index (χ1) is 32.2. The van der Waals surface area contributed by atoms with E-state index in [2.05, 4.69) is 16.3 Å². The number of hydrogen-bond acceptors (Lipinski definition) is 15. The predicted molar refractivity (Wildman–Crippen MR) is 252 cm³/mol. The molecular formula is C52H58FN3O12. The molecule has 5 aromatic carbocycles. The summed E-state index contributed by atoms with van der Waals surface area (Å²) in [6, 6.07) is 25.8. The molecule has 15 nitrogen and oxygen atoms in total. The molecular weight excluding hydrogens is 878 g/mol. The number of ether oxygens (including phenoxy) is 2. The molecule has 360 valence electrons. The van der Waals surface area contributed by atoms with Crippen molar-refractivity contribution in [3.63, 3.8) is 0 Å². The summed E-state index contributed by atoms with van der Waals surface area (Å²) in [6.07, 6.45) is 0.507. The van der Waals surface area contributed by atoms with Gasteiger partial charge in [-0.3, -0.25) is 4.79 Å². The molecule has 0 spiro atoms. The Bertz CT molecular complexity index is 2820. The second kappa shape index (κ2) is 21.5. The lowest BCUT2D eigenvalue weighted by Gasteiger charge is -2.31. The van der Waals surface area contributed by atoms with Crippen LogP contribution in [-0.2, 0) is 29.8 Å². The van der Waals surface area contributed by atoms with Gasteiger partial charge in [0.25, 0.3) is 0 Å². The Balaban J connectivity index is 0.000000168. The Morgan fingerprint density at radius 3 is 2.29 bits per heavy atom. The van der Waals surface area contributed by atoms with Crippen LogP contribution in [-0.4, -0.2) is 103 Å². The Morgan fingerprint density at radius 1 is 0.897 bits per heavy atom. The minimum Gasteiger partial charge on any atom is -0.508 e. The lowest BCUT2D eigenvalue weighted by Crippen LogP contribution is -2.42. The second-order valence-electron chi connectivity index (χ2n) is 18.2. The molecule has 4 atom stereocenters. The van der Waals surface area contributed by atoms with E-state index in [1.54, 1.807) is 12.1 Å². The predicted octanol–water partition coefficient (Wildman–Crippen LogP) is 6.44. The number of aromatic hydroxyl groups is 5. The van der Waals surface area contributed by atoms with Crippen molar-refractivity contribution in [1.82, 2.24) is 10.2 Å². The highest BCUT2D eigenvalue weighted by atomic mass is 19.1. The van der Waals surface area contributed by atoms with E-state index in [4.69, 9.17) is 19.2 Å². The molecule has 2 aliphatic rings. The van der Waals surface area contributed by atoms with Crippen LogP contribution in [0.5, 0.6) is 34.5 Å². The van der Waals surface area contributed by atoms with Crippen molar-refractivity contribution in [2.75, 3.05) is 33.8 Å². The van der Waals surface area contributed by atoms with Crippen molar-refractivity contribution in [2.45, 2.75) is 82.5 Å². The van der Waals surface area contributed by atoms with E-state index in [1.165, 1.54) is 18.2 Å². The number of rotatable bonds is 11. The maximum Gasteiger partial charge on any atom is 0.238 e. The van der Waals surface area contributed by atoms with Crippen molar-refractivity contribution < 1.29 is 59.1 Å². The summed E-state index contributed by atoms with van der Waals surface area (Å²) >= 11 is 0. The fourth-order valence-corrected chi connectivity index (χ4v) is 8.09. The third-order valence-electron chi connectivity index (χ3n) is 11.6. The Hall–Kier alpha value is -6.71. The van der Waals surface area contributed by atoms with Crippen molar-refractivity contribution >= 4 is 11.0 Å². The van der Waals surface area contributed by atoms with Gasteiger partial charge >= 0.3 is 0 Å². The van der Waals surface area contributed by atoms with Crippen LogP contribution in [0.4, 0.5) is 4.39 Å². The number of nitrogens with zero attached hydrogens (tertiary/aromatic N) is 2. The number of halogens is 1. The maximum absolute atomic E-state index is 13.4. The van der Waals surface area contributed by atoms with Crippen LogP contribution in [0.2, 0.25) is 0 Å². The number of aliphatic hydroxyl groups is 3. The molecule has 0 radical (unpaired) electrons. The summed E-state index contributed by atoms with van der Waals surface area (Å²) in [5.41, 5.74) is 4.16. The minimum absolute atomic E-state index is 0.0485. The molecule has 0 bridgehead atoms. The summed E-state index contributed by atoms with van der Waals surface area (Å²) in [4.78, 5) is 14.3. The quantitative estimate of drug-likeness (QED) is 0.0635. The number of phenols is 4. The first-order valence-corrected chi connectivity index (χ1v) is 22.0. The zero-order chi connectivity index (χ0) is 49.5. The van der Waals surface area contributed by atoms with Gasteiger partial charge in [0, 0.05) is 48.2 Å². The van der Waals surface area contributed by atoms with E-state index in [0.29, 0.717) is 37.3 Å². The number of nitriles is 1. The fraction of sp³-hybridized carbons (Fsp3) is 0.346. The number of aliphatic hydroxyl groups excluding tert-OH is 3. The highest BCUT2D eigenvalue weighted by molar-refractivity contribution is 5.88. The van der Waals surface area contributed by atoms with Crippen molar-refractivity contribution in [3.8, 4) is 51.9 Å². The summed E-state index contributed by atoms with van der Waals surface area (Å²) in [6.45, 7) is 8.21. The van der Waals surface area contributed by atoms with Crippen LogP contribution in [0, 0.1) is 17.1 Å². The van der Waals surface area contributed by atoms with E-state index in [-0.39, 0.29) is 51.8 Å². The Labute approximate surface area is 393 Å². The maximum atomic E-state index is 13.4. The number of hydrogen-bond donors (Lipinski definition) is 9. The van der Waals surface area contributed by atoms with Gasteiger partial charge in [0.2, 0.25) is 11.2 Å². The summed E-state index contributed by atoms with van der Waals surface area (Å²) in [7, 11) is 4.10. The molecule has 0 fully saturated rings. The van der Waals surface area contributed by atoms with Crippen LogP contribution in [0.25, 0.3) is 22.3 Å². The Kier molecular flexibility index (Phi) is 16.0. The van der Waals surface area contributed by atoms with E-state index in [0.717, 1.165) is 71.5 Å². The number of nitrogens with one attached hydrogen (secondary N) is 1. The molecule has 2 unspecified atom stereocenters. The smallest absolute Gasteiger partial charge is 0.238 e. The molecule has 16 heteroatoms. The summed E-state index contributed by atoms with van der Waals surface area (Å²) in [5.74, 6) is -2.28. The van der Waals surface area contributed by atoms with E-state index in [9.17, 15) is 50.0 Å². The molecule has 8 rings (SSSR count). The molecule has 9 N–H and O–H groups in total. The SMILES string of the molecule is CC(C)(C)NCC(O)COc1cccc2c1C[C@H](O)[C@H](O)C2.CN(C)CCCC1(c2ccc(F)cc2)OCc2cc(C#N)ccc21.O=c1c(O)c(-c2ccc(O)c(O)c2)oc2cc(O)cc(O)c12. The van der Waals surface area contributed by atoms with Gasteiger partial charge in [-0.15, -0.1) is 0 Å². The molecule has 0 saturated heterocycles. The van der Waals surface area contributed by atoms with Gasteiger partial charge in [0.1, 0.15) is 52.3 Å². The van der Waals surface area contributed by atoms with Gasteiger partial charge in [-0.05, 0) is 125 Å². The fourth-order valence-electron chi connectivity index (χ4n) is 8.09. The molecule has 1 aliphatic heterocycles. The van der Waals surface area contributed by atoms with Gasteiger partial charge in [-0.2, -0.15) is 5.26 Å². The highest BCUT2D eigenvalue weighted by Gasteiger charge is 2.41. The molecule has 68 heavy (non-hydrogen) atoms. The summed E-state index contributed by atoms with van der Waals surface area (Å²) in [5, 5.41) is 89.5. The topological polar surface area (TPSA) is 250 Å². The van der Waals surface area contributed by atoms with Crippen LogP contribution in [0.15, 0.2) is 100 Å². The van der Waals surface area contributed by atoms with Crippen molar-refractivity contribution in [3.05, 3.63) is 140 Å². The second-order valence-corrected chi connectivity index (χ2v) is 18.2. The van der Waals surface area contributed by atoms with Crippen molar-refractivity contribution in [2.24, 2.45) is 0 Å². The number of fused-ring (bicyclic) bond motifs is 3. The summed E-state index contributed by atoms with van der Waals surface area (Å²) < 4.78 is 30.7. The van der Waals surface area contributed by atoms with Crippen LogP contribution >= 0.6 is 0 Å². The lowest BCUT2D eigenvalue weighted by atomic mass is 9.81. The molecule has 1 aliphatic carbocycles. The van der Waals surface area contributed by atoms with E-state index >= 15 is 0 Å². The van der Waals surface area contributed by atoms with Gasteiger partial charge in [0.15, 0.2) is 17.3 Å². The molecule has 0 saturated carbocycles. The van der Waals surface area contributed by atoms with Crippen LogP contribution in [0.3, 0.4) is 0 Å². The van der Waals surface area contributed by atoms with Crippen molar-refractivity contribution in [1.29, 1.82) is 5.26 Å². The minimum atomic E-state index is -0.888. The normalized spacial score (nSPS) is 17.8. The third-order valence-corrected chi connectivity index (χ3v) is 11.6. The molecule has 0 amide bonds. The molecule has 6 aromatic rings. The standard InChI is InChI=1S/C20H21FN2O.C17H27NO4.C15H10O7/c1-23(2)11-3-10-20(17-5-7-18(21)8-6-17)19-9-4-15(13-22)12-16(19)14-24-20;1-17(2,3)18-9-12(19)10-22-16-6-4-5-11-7-14(20)15(21)8-13(11)16;16-7-4-10(19)12-11(5-7)22-15(14(21)13(12)20)6-1-2-8(17)9(18)3-6/h4-9,12H,3,10-11,14H2,1-2H3;4-6,12,14-15,18-21H,7-10H2,1-3H3;1-5,16-19,21H/t;12?,14-,15+;/m.1./s1. The van der Waals surface area contributed by atoms with E-state index in [1.807, 2.05) is 71.3 Å². The highest BCUT2D eigenvalue weighted by Crippen LogP contribution is 2.46. The molecule has 1 aromatic heterocycles. The largest absolute Gasteiger partial charge is 0.508 e. The third kappa shape index (κ3) is 12.1. The molecule has 2 heterocycles. The van der Waals surface area contributed by atoms with Gasteiger partial charge in [-0.1, -0.05) is 30.3 Å². The average molecular weight is 936 g/mol. The monoisotopic (exact) mass is 935 g/mol. The lowest BCUT2D eigenvalue weighted by molar-refractivity contribution is -0.0140. The zero-order valence-corrected chi connectivity index (χ0v) is 38.5. The van der Waals surface area contributed by atoms with Crippen LogP contribution < -0.4 is 15.5 Å². The van der Waals surface area contributed by atoms with Crippen LogP contribution in [0.1, 0.15) is 67.0 Å². The van der Waals surface area contributed by atoms with Gasteiger partial charge in [0.05, 0.1) is 30.4 Å². The zero-order valence-electron chi connectivity index (χ0n) is 38.5. The number of phenolic OH excluding ortho intramolecular Hbond substituents is 4. The van der Waals surface area contributed by atoms with Gasteiger partial charge in [-0.25, -0.2) is 4.39 Å². The number of benzene rings is 5. The Morgan fingerprint density at radius 2 is 1.62 bits per heavy atom. The number of β-amino-alcohol motifs (C(OH)–C–C–N with tert-alkyl or cyclic N) is 1. The first-order valence-electron chi connectivity index (χ1n) is 22.0.